The van der Waals surface area contributed by atoms with Gasteiger partial charge in [-0.2, -0.15) is 0 Å². The number of aromatic nitrogens is 3. The van der Waals surface area contributed by atoms with Gasteiger partial charge in [0.1, 0.15) is 18.9 Å². The summed E-state index contributed by atoms with van der Waals surface area (Å²) in [5.41, 5.74) is 2.07. The summed E-state index contributed by atoms with van der Waals surface area (Å²) in [6.45, 7) is -0.935. The highest BCUT2D eigenvalue weighted by atomic mass is 35.5. The Bertz CT molecular complexity index is 1060. The summed E-state index contributed by atoms with van der Waals surface area (Å²) < 4.78 is 32.9. The number of para-hydroxylation sites is 1. The van der Waals surface area contributed by atoms with Crippen LogP contribution in [-0.4, -0.2) is 40.7 Å². The van der Waals surface area contributed by atoms with Crippen LogP contribution in [0.5, 0.6) is 11.5 Å². The average molecular weight is 434 g/mol. The highest BCUT2D eigenvalue weighted by molar-refractivity contribution is 6.30. The Hall–Kier alpha value is -2.68. The minimum absolute atomic E-state index is 0.137. The number of aliphatic hydroxyl groups excluding tert-OH is 1. The third kappa shape index (κ3) is 3.40. The molecule has 1 N–H and O–H groups in total. The van der Waals surface area contributed by atoms with E-state index in [0.29, 0.717) is 39.2 Å². The lowest BCUT2D eigenvalue weighted by Gasteiger charge is -2.24. The van der Waals surface area contributed by atoms with Crippen LogP contribution in [0.3, 0.4) is 0 Å². The van der Waals surface area contributed by atoms with Crippen LogP contribution in [-0.2, 0) is 11.4 Å². The summed E-state index contributed by atoms with van der Waals surface area (Å²) in [4.78, 5) is 0. The van der Waals surface area contributed by atoms with Crippen LogP contribution in [0.15, 0.2) is 36.4 Å². The molecule has 0 fully saturated rings. The van der Waals surface area contributed by atoms with E-state index in [4.69, 9.17) is 25.8 Å². The molecule has 0 spiro atoms. The van der Waals surface area contributed by atoms with E-state index >= 15 is 0 Å². The number of alkyl halides is 1. The van der Waals surface area contributed by atoms with Crippen molar-refractivity contribution in [3.8, 4) is 17.2 Å². The van der Waals surface area contributed by atoms with Crippen molar-refractivity contribution in [1.29, 1.82) is 0 Å². The van der Waals surface area contributed by atoms with Crippen LogP contribution in [0.2, 0.25) is 5.02 Å². The van der Waals surface area contributed by atoms with Crippen molar-refractivity contribution in [3.05, 3.63) is 64.2 Å². The number of hydrogen-bond donors (Lipinski definition) is 1. The van der Waals surface area contributed by atoms with E-state index < -0.39 is 18.9 Å². The Balaban J connectivity index is 1.99. The maximum Gasteiger partial charge on any atom is 0.169 e. The van der Waals surface area contributed by atoms with Gasteiger partial charge in [-0.05, 0) is 24.3 Å². The molecule has 1 aromatic heterocycles. The van der Waals surface area contributed by atoms with Gasteiger partial charge in [-0.25, -0.2) is 4.39 Å². The number of fused-ring (bicyclic) bond motifs is 3. The van der Waals surface area contributed by atoms with Crippen LogP contribution in [0, 0.1) is 0 Å². The van der Waals surface area contributed by atoms with Crippen LogP contribution < -0.4 is 9.47 Å². The molecule has 0 unspecified atom stereocenters. The molecule has 1 aliphatic rings. The summed E-state index contributed by atoms with van der Waals surface area (Å²) >= 11 is 6.32. The van der Waals surface area contributed by atoms with Crippen LogP contribution in [0.4, 0.5) is 4.39 Å². The number of nitrogens with zero attached hydrogens (tertiary/aromatic N) is 3. The zero-order chi connectivity index (χ0) is 21.3. The molecule has 2 atom stereocenters. The lowest BCUT2D eigenvalue weighted by Crippen LogP contribution is -2.14. The number of benzene rings is 2. The van der Waals surface area contributed by atoms with Crippen molar-refractivity contribution in [1.82, 2.24) is 14.8 Å². The quantitative estimate of drug-likeness (QED) is 0.634. The van der Waals surface area contributed by atoms with E-state index in [1.54, 1.807) is 43.1 Å². The fraction of sp³-hybridized carbons (Fsp3) is 0.333. The first-order valence-corrected chi connectivity index (χ1v) is 9.77. The maximum absolute atomic E-state index is 13.7. The normalized spacial score (nSPS) is 17.8. The third-order valence-electron chi connectivity index (χ3n) is 5.08. The predicted octanol–water partition coefficient (Wildman–Crippen LogP) is 3.95. The zero-order valence-corrected chi connectivity index (χ0v) is 17.3. The molecule has 0 bridgehead atoms. The van der Waals surface area contributed by atoms with Crippen LogP contribution in [0.25, 0.3) is 5.69 Å². The standard InChI is InChI=1S/C21H21ClFN3O4/c1-28-16-5-3-4-13(20(16)29-2)19-14-10-12(22)6-7-15(14)26-18(11-23)24-25-21(26)17(30-19)8-9-27/h3-7,10,17,19,27H,8-9,11H2,1-2H3/t17-,19-/m0/s1. The van der Waals surface area contributed by atoms with Gasteiger partial charge in [0.05, 0.1) is 19.9 Å². The fourth-order valence-corrected chi connectivity index (χ4v) is 3.98. The van der Waals surface area contributed by atoms with Gasteiger partial charge in [0.15, 0.2) is 23.1 Å². The van der Waals surface area contributed by atoms with E-state index in [-0.39, 0.29) is 18.9 Å². The SMILES string of the molecule is COc1cccc([C@@H]2O[C@@H](CCO)c3nnc(CF)n3-c3ccc(Cl)cc32)c1OC. The lowest BCUT2D eigenvalue weighted by atomic mass is 9.98. The molecule has 2 heterocycles. The largest absolute Gasteiger partial charge is 0.493 e. The maximum atomic E-state index is 13.7. The number of hydrogen-bond acceptors (Lipinski definition) is 6. The van der Waals surface area contributed by atoms with E-state index in [1.807, 2.05) is 12.1 Å². The summed E-state index contributed by atoms with van der Waals surface area (Å²) in [5.74, 6) is 1.64. The Morgan fingerprint density at radius 1 is 1.17 bits per heavy atom. The van der Waals surface area contributed by atoms with E-state index in [2.05, 4.69) is 10.2 Å². The molecule has 9 heteroatoms. The summed E-state index contributed by atoms with van der Waals surface area (Å²) in [6, 6.07) is 10.8. The van der Waals surface area contributed by atoms with Gasteiger partial charge in [-0.3, -0.25) is 4.57 Å². The summed E-state index contributed by atoms with van der Waals surface area (Å²) in [6.07, 6.45) is -1.00. The zero-order valence-electron chi connectivity index (χ0n) is 16.5. The molecule has 158 valence electrons. The molecule has 0 saturated heterocycles. The molecule has 0 saturated carbocycles. The number of rotatable bonds is 6. The van der Waals surface area contributed by atoms with Crippen molar-refractivity contribution in [2.45, 2.75) is 25.3 Å². The Labute approximate surface area is 178 Å². The van der Waals surface area contributed by atoms with Gasteiger partial charge < -0.3 is 19.3 Å². The number of halogens is 2. The molecular formula is C21H21ClFN3O4. The van der Waals surface area contributed by atoms with Gasteiger partial charge in [-0.1, -0.05) is 23.7 Å². The molecule has 2 aromatic carbocycles. The Morgan fingerprint density at radius 2 is 2.00 bits per heavy atom. The highest BCUT2D eigenvalue weighted by Gasteiger charge is 2.35. The first-order chi connectivity index (χ1) is 14.6. The van der Waals surface area contributed by atoms with E-state index in [1.165, 1.54) is 0 Å². The van der Waals surface area contributed by atoms with Gasteiger partial charge in [-0.15, -0.1) is 10.2 Å². The topological polar surface area (TPSA) is 78.6 Å². The Morgan fingerprint density at radius 3 is 2.70 bits per heavy atom. The Kier molecular flexibility index (Phi) is 5.90. The van der Waals surface area contributed by atoms with Crippen molar-refractivity contribution < 1.29 is 23.7 Å². The fourth-order valence-electron chi connectivity index (χ4n) is 3.80. The van der Waals surface area contributed by atoms with Crippen molar-refractivity contribution in [2.75, 3.05) is 20.8 Å². The molecular weight excluding hydrogens is 413 g/mol. The molecule has 7 nitrogen and oxygen atoms in total. The lowest BCUT2D eigenvalue weighted by molar-refractivity contribution is -0.00986. The van der Waals surface area contributed by atoms with Crippen LogP contribution >= 0.6 is 11.6 Å². The first-order valence-electron chi connectivity index (χ1n) is 9.40. The van der Waals surface area contributed by atoms with Gasteiger partial charge in [0.25, 0.3) is 0 Å². The minimum Gasteiger partial charge on any atom is -0.493 e. The second-order valence-electron chi connectivity index (χ2n) is 6.75. The smallest absolute Gasteiger partial charge is 0.169 e. The molecule has 30 heavy (non-hydrogen) atoms. The summed E-state index contributed by atoms with van der Waals surface area (Å²) in [5, 5.41) is 18.3. The third-order valence-corrected chi connectivity index (χ3v) is 5.32. The molecule has 0 amide bonds. The number of methoxy groups -OCH3 is 2. The molecule has 4 rings (SSSR count). The van der Waals surface area contributed by atoms with E-state index in [0.717, 1.165) is 0 Å². The van der Waals surface area contributed by atoms with Gasteiger partial charge >= 0.3 is 0 Å². The second-order valence-corrected chi connectivity index (χ2v) is 7.18. The van der Waals surface area contributed by atoms with Gasteiger partial charge in [0, 0.05) is 29.2 Å². The molecule has 0 radical (unpaired) electrons. The predicted molar refractivity (Wildman–Crippen MR) is 108 cm³/mol. The number of aliphatic hydroxyl groups is 1. The summed E-state index contributed by atoms with van der Waals surface area (Å²) in [7, 11) is 3.11. The highest BCUT2D eigenvalue weighted by Crippen LogP contribution is 2.46. The first kappa shape index (κ1) is 20.6. The molecule has 1 aliphatic heterocycles. The second kappa shape index (κ2) is 8.59. The minimum atomic E-state index is -0.798. The van der Waals surface area contributed by atoms with Crippen molar-refractivity contribution in [2.24, 2.45) is 0 Å². The van der Waals surface area contributed by atoms with Gasteiger partial charge in [0.2, 0.25) is 0 Å². The van der Waals surface area contributed by atoms with Crippen molar-refractivity contribution in [3.63, 3.8) is 0 Å². The average Bonchev–Trinajstić information content (AvgIpc) is 3.14. The molecule has 3 aromatic rings. The van der Waals surface area contributed by atoms with E-state index in [9.17, 15) is 9.50 Å². The molecule has 0 aliphatic carbocycles. The van der Waals surface area contributed by atoms with Crippen LogP contribution in [0.1, 0.15) is 41.4 Å². The number of ether oxygens (including phenoxy) is 3. The monoisotopic (exact) mass is 433 g/mol. The van der Waals surface area contributed by atoms with Crippen molar-refractivity contribution >= 4 is 11.6 Å².